The zero-order valence-corrected chi connectivity index (χ0v) is 11.9. The third kappa shape index (κ3) is 5.69. The highest BCUT2D eigenvalue weighted by molar-refractivity contribution is 7.98. The van der Waals surface area contributed by atoms with Crippen molar-refractivity contribution >= 4 is 23.8 Å². The smallest absolute Gasteiger partial charge is 0.326 e. The standard InChI is InChI=1S/C12H22N2O4S/c1-19-7-6-9(11(16)17)14-12(18)13-8-4-2-3-5-10(8)15/h8-10,15H,2-7H2,1H3,(H,16,17)(H2,13,14,18)/t8?,9-,10?/m1/s1. The number of aliphatic carboxylic acids is 1. The molecule has 4 N–H and O–H groups in total. The van der Waals surface area contributed by atoms with Crippen LogP contribution in [0.3, 0.4) is 0 Å². The summed E-state index contributed by atoms with van der Waals surface area (Å²) >= 11 is 1.54. The molecule has 0 aliphatic heterocycles. The first-order valence-corrected chi connectivity index (χ1v) is 7.90. The molecular weight excluding hydrogens is 268 g/mol. The van der Waals surface area contributed by atoms with Gasteiger partial charge in [-0.05, 0) is 31.3 Å². The van der Waals surface area contributed by atoms with E-state index in [0.29, 0.717) is 18.6 Å². The van der Waals surface area contributed by atoms with Crippen molar-refractivity contribution in [3.8, 4) is 0 Å². The van der Waals surface area contributed by atoms with Crippen LogP contribution in [0.5, 0.6) is 0 Å². The van der Waals surface area contributed by atoms with Crippen LogP contribution in [0.1, 0.15) is 32.1 Å². The Morgan fingerprint density at radius 2 is 2.05 bits per heavy atom. The van der Waals surface area contributed by atoms with Crippen LogP contribution in [0.2, 0.25) is 0 Å². The molecule has 0 aromatic heterocycles. The molecule has 2 unspecified atom stereocenters. The van der Waals surface area contributed by atoms with Crippen molar-refractivity contribution in [1.82, 2.24) is 10.6 Å². The molecular formula is C12H22N2O4S. The predicted octanol–water partition coefficient (Wildman–Crippen LogP) is 0.795. The average molecular weight is 290 g/mol. The average Bonchev–Trinajstić information content (AvgIpc) is 2.37. The van der Waals surface area contributed by atoms with Gasteiger partial charge >= 0.3 is 12.0 Å². The molecule has 7 heteroatoms. The molecule has 2 amide bonds. The Balaban J connectivity index is 2.40. The van der Waals surface area contributed by atoms with Crippen LogP contribution in [0.15, 0.2) is 0 Å². The van der Waals surface area contributed by atoms with Gasteiger partial charge in [0.1, 0.15) is 6.04 Å². The van der Waals surface area contributed by atoms with E-state index in [9.17, 15) is 14.7 Å². The van der Waals surface area contributed by atoms with E-state index in [1.807, 2.05) is 6.26 Å². The topological polar surface area (TPSA) is 98.7 Å². The molecule has 0 aromatic rings. The highest BCUT2D eigenvalue weighted by Crippen LogP contribution is 2.18. The van der Waals surface area contributed by atoms with Gasteiger partial charge in [-0.2, -0.15) is 11.8 Å². The number of thioether (sulfide) groups is 1. The van der Waals surface area contributed by atoms with Gasteiger partial charge in [0.2, 0.25) is 0 Å². The first-order valence-electron chi connectivity index (χ1n) is 6.51. The van der Waals surface area contributed by atoms with E-state index in [1.165, 1.54) is 11.8 Å². The Kier molecular flexibility index (Phi) is 7.01. The van der Waals surface area contributed by atoms with Crippen molar-refractivity contribution in [3.63, 3.8) is 0 Å². The molecule has 6 nitrogen and oxygen atoms in total. The van der Waals surface area contributed by atoms with Gasteiger partial charge in [0, 0.05) is 0 Å². The van der Waals surface area contributed by atoms with Gasteiger partial charge in [-0.15, -0.1) is 0 Å². The lowest BCUT2D eigenvalue weighted by Crippen LogP contribution is -2.52. The zero-order valence-electron chi connectivity index (χ0n) is 11.1. The Labute approximate surface area is 117 Å². The van der Waals surface area contributed by atoms with Crippen molar-refractivity contribution in [2.75, 3.05) is 12.0 Å². The molecule has 0 radical (unpaired) electrons. The second-order valence-electron chi connectivity index (χ2n) is 4.75. The SMILES string of the molecule is CSCC[C@@H](NC(=O)NC1CCCCC1O)C(=O)O. The number of aliphatic hydroxyl groups is 1. The fourth-order valence-corrected chi connectivity index (χ4v) is 2.61. The minimum atomic E-state index is -1.03. The largest absolute Gasteiger partial charge is 0.480 e. The van der Waals surface area contributed by atoms with Crippen LogP contribution in [0.25, 0.3) is 0 Å². The monoisotopic (exact) mass is 290 g/mol. The number of hydrogen-bond acceptors (Lipinski definition) is 4. The molecule has 0 spiro atoms. The number of rotatable bonds is 6. The summed E-state index contributed by atoms with van der Waals surface area (Å²) in [4.78, 5) is 22.7. The lowest BCUT2D eigenvalue weighted by atomic mass is 9.93. The quantitative estimate of drug-likeness (QED) is 0.580. The number of nitrogens with one attached hydrogen (secondary N) is 2. The van der Waals surface area contributed by atoms with Crippen LogP contribution in [-0.4, -0.2) is 52.4 Å². The maximum Gasteiger partial charge on any atom is 0.326 e. The zero-order chi connectivity index (χ0) is 14.3. The summed E-state index contributed by atoms with van der Waals surface area (Å²) in [5.41, 5.74) is 0. The number of carbonyl (C=O) groups is 2. The summed E-state index contributed by atoms with van der Waals surface area (Å²) < 4.78 is 0. The van der Waals surface area contributed by atoms with Crippen molar-refractivity contribution in [1.29, 1.82) is 0 Å². The van der Waals surface area contributed by atoms with E-state index in [0.717, 1.165) is 19.3 Å². The summed E-state index contributed by atoms with van der Waals surface area (Å²) in [5.74, 6) is -0.364. The van der Waals surface area contributed by atoms with Gasteiger partial charge in [-0.25, -0.2) is 9.59 Å². The maximum absolute atomic E-state index is 11.7. The lowest BCUT2D eigenvalue weighted by Gasteiger charge is -2.28. The number of urea groups is 1. The minimum absolute atomic E-state index is 0.274. The molecule has 1 saturated carbocycles. The van der Waals surface area contributed by atoms with E-state index in [-0.39, 0.29) is 6.04 Å². The van der Waals surface area contributed by atoms with E-state index in [4.69, 9.17) is 5.11 Å². The normalized spacial score (nSPS) is 24.5. The van der Waals surface area contributed by atoms with E-state index in [2.05, 4.69) is 10.6 Å². The van der Waals surface area contributed by atoms with Gasteiger partial charge < -0.3 is 20.8 Å². The Hall–Kier alpha value is -0.950. The summed E-state index contributed by atoms with van der Waals surface area (Å²) in [6.45, 7) is 0. The van der Waals surface area contributed by atoms with E-state index >= 15 is 0 Å². The van der Waals surface area contributed by atoms with Crippen LogP contribution < -0.4 is 10.6 Å². The summed E-state index contributed by atoms with van der Waals surface area (Å²) in [6, 6.07) is -1.67. The van der Waals surface area contributed by atoms with Crippen molar-refractivity contribution in [3.05, 3.63) is 0 Å². The molecule has 0 aromatic carbocycles. The highest BCUT2D eigenvalue weighted by Gasteiger charge is 2.26. The van der Waals surface area contributed by atoms with Crippen molar-refractivity contribution in [2.24, 2.45) is 0 Å². The second kappa shape index (κ2) is 8.27. The van der Waals surface area contributed by atoms with Crippen molar-refractivity contribution < 1.29 is 19.8 Å². The molecule has 1 aliphatic rings. The van der Waals surface area contributed by atoms with E-state index < -0.39 is 24.1 Å². The number of aliphatic hydroxyl groups excluding tert-OH is 1. The molecule has 0 heterocycles. The van der Waals surface area contributed by atoms with Crippen molar-refractivity contribution in [2.45, 2.75) is 50.3 Å². The first kappa shape index (κ1) is 16.1. The highest BCUT2D eigenvalue weighted by atomic mass is 32.2. The molecule has 110 valence electrons. The van der Waals surface area contributed by atoms with E-state index in [1.54, 1.807) is 0 Å². The lowest BCUT2D eigenvalue weighted by molar-refractivity contribution is -0.139. The predicted molar refractivity (Wildman–Crippen MR) is 74.4 cm³/mol. The van der Waals surface area contributed by atoms with Gasteiger partial charge in [0.05, 0.1) is 12.1 Å². The molecule has 1 rings (SSSR count). The number of carboxylic acid groups (broad SMARTS) is 1. The Bertz CT molecular complexity index is 314. The fraction of sp³-hybridized carbons (Fsp3) is 0.833. The summed E-state index contributed by atoms with van der Waals surface area (Å²) in [7, 11) is 0. The van der Waals surface area contributed by atoms with Gasteiger partial charge in [0.15, 0.2) is 0 Å². The summed E-state index contributed by atoms with van der Waals surface area (Å²) in [6.07, 6.45) is 5.09. The molecule has 0 saturated heterocycles. The fourth-order valence-electron chi connectivity index (χ4n) is 2.14. The minimum Gasteiger partial charge on any atom is -0.480 e. The van der Waals surface area contributed by atoms with Crippen LogP contribution in [-0.2, 0) is 4.79 Å². The first-order chi connectivity index (χ1) is 9.04. The Morgan fingerprint density at radius 3 is 2.63 bits per heavy atom. The molecule has 3 atom stereocenters. The van der Waals surface area contributed by atoms with Gasteiger partial charge in [-0.3, -0.25) is 0 Å². The third-order valence-electron chi connectivity index (χ3n) is 3.26. The van der Waals surface area contributed by atoms with Crippen LogP contribution in [0, 0.1) is 0 Å². The molecule has 19 heavy (non-hydrogen) atoms. The summed E-state index contributed by atoms with van der Waals surface area (Å²) in [5, 5.41) is 23.9. The number of carboxylic acids is 1. The second-order valence-corrected chi connectivity index (χ2v) is 5.73. The number of carbonyl (C=O) groups excluding carboxylic acids is 1. The molecule has 1 fully saturated rings. The maximum atomic E-state index is 11.7. The third-order valence-corrected chi connectivity index (χ3v) is 3.90. The molecule has 1 aliphatic carbocycles. The van der Waals surface area contributed by atoms with Gasteiger partial charge in [0.25, 0.3) is 0 Å². The van der Waals surface area contributed by atoms with Gasteiger partial charge in [-0.1, -0.05) is 12.8 Å². The van der Waals surface area contributed by atoms with Crippen LogP contribution >= 0.6 is 11.8 Å². The Morgan fingerprint density at radius 1 is 1.37 bits per heavy atom. The van der Waals surface area contributed by atoms with Crippen LogP contribution in [0.4, 0.5) is 4.79 Å². The number of amides is 2. The molecule has 0 bridgehead atoms. The number of hydrogen-bond donors (Lipinski definition) is 4.